The van der Waals surface area contributed by atoms with E-state index in [1.54, 1.807) is 0 Å². The van der Waals surface area contributed by atoms with Crippen LogP contribution in [0.4, 0.5) is 11.4 Å². The van der Waals surface area contributed by atoms with E-state index in [1.807, 2.05) is 36.4 Å². The maximum absolute atomic E-state index is 14.1. The number of amides is 2. The van der Waals surface area contributed by atoms with Crippen molar-refractivity contribution in [1.29, 1.82) is 0 Å². The van der Waals surface area contributed by atoms with Crippen molar-refractivity contribution in [3.05, 3.63) is 69.1 Å². The van der Waals surface area contributed by atoms with Gasteiger partial charge in [0.05, 0.1) is 26.2 Å². The van der Waals surface area contributed by atoms with Crippen LogP contribution in [0.15, 0.2) is 36.4 Å². The van der Waals surface area contributed by atoms with Crippen molar-refractivity contribution < 1.29 is 18.9 Å². The second kappa shape index (κ2) is 14.3. The lowest BCUT2D eigenvalue weighted by atomic mass is 9.92. The first-order valence-corrected chi connectivity index (χ1v) is 17.2. The number of likely N-dealkylation sites (tertiary alicyclic amines) is 2. The molecule has 2 aliphatic rings. The predicted octanol–water partition coefficient (Wildman–Crippen LogP) is 8.10. The van der Waals surface area contributed by atoms with Gasteiger partial charge in [0, 0.05) is 43.5 Å². The zero-order valence-corrected chi connectivity index (χ0v) is 28.8. The number of nitrogens with zero attached hydrogens (tertiary/aromatic N) is 2. The van der Waals surface area contributed by atoms with Gasteiger partial charge < -0.3 is 30.3 Å². The summed E-state index contributed by atoms with van der Waals surface area (Å²) >= 11 is 0. The number of carbonyl (C=O) groups is 2. The molecule has 0 unspecified atom stereocenters. The van der Waals surface area contributed by atoms with Crippen molar-refractivity contribution in [2.24, 2.45) is 0 Å². The normalized spacial score (nSPS) is 25.1. The van der Waals surface area contributed by atoms with Crippen LogP contribution in [0, 0.1) is 10.4 Å². The van der Waals surface area contributed by atoms with Gasteiger partial charge in [-0.3, -0.25) is 9.59 Å². The molecule has 2 aromatic rings. The van der Waals surface area contributed by atoms with Gasteiger partial charge in [0.25, 0.3) is 11.8 Å². The highest BCUT2D eigenvalue weighted by molar-refractivity contribution is 5.96. The van der Waals surface area contributed by atoms with E-state index >= 15 is 0 Å². The van der Waals surface area contributed by atoms with Gasteiger partial charge in [-0.25, -0.2) is 0 Å². The summed E-state index contributed by atoms with van der Waals surface area (Å²) in [6.07, 6.45) is 2.80. The fourth-order valence-electron chi connectivity index (χ4n) is 7.52. The lowest BCUT2D eigenvalue weighted by molar-refractivity contribution is -0.902. The van der Waals surface area contributed by atoms with Crippen molar-refractivity contribution in [2.75, 3.05) is 36.8 Å². The third-order valence-electron chi connectivity index (χ3n) is 10.1. The molecule has 8 nitrogen and oxygen atoms in total. The van der Waals surface area contributed by atoms with Crippen molar-refractivity contribution in [2.45, 2.75) is 123 Å². The van der Waals surface area contributed by atoms with Crippen LogP contribution >= 0.6 is 0 Å². The van der Waals surface area contributed by atoms with E-state index in [2.05, 4.69) is 66.0 Å². The van der Waals surface area contributed by atoms with Crippen LogP contribution in [0.3, 0.4) is 0 Å². The standard InChI is InChI=1S/C37H56N4O4/c1-24(2)28-14-9-15-29(25(3)4)34(28)38-36(42)32-18-11-20-40(32,44)22-13-23-41(45)21-12-19-33(41)37(43)39-35-30(26(5)6)16-10-17-31(35)27(7)8/h9-10,14-17,24-27,32-33H,11-13,18-23H2,1-8H3,(H,38,42)(H,39,43)/t32-,33-,40+,41+/m0/s1. The van der Waals surface area contributed by atoms with Crippen LogP contribution in [0.25, 0.3) is 0 Å². The number of carbonyl (C=O) groups excluding carboxylic acids is 2. The van der Waals surface area contributed by atoms with Gasteiger partial charge >= 0.3 is 0 Å². The number of hydroxylamine groups is 6. The number of hydrogen-bond donors (Lipinski definition) is 2. The molecule has 4 atom stereocenters. The van der Waals surface area contributed by atoms with Gasteiger partial charge in [-0.2, -0.15) is 0 Å². The van der Waals surface area contributed by atoms with Crippen LogP contribution in [-0.2, 0) is 9.59 Å². The fraction of sp³-hybridized carbons (Fsp3) is 0.622. The molecule has 0 radical (unpaired) electrons. The van der Waals surface area contributed by atoms with Gasteiger partial charge in [0.1, 0.15) is 0 Å². The molecular formula is C37H56N4O4. The molecule has 0 aliphatic carbocycles. The first kappa shape index (κ1) is 35.1. The zero-order chi connectivity index (χ0) is 33.1. The molecule has 248 valence electrons. The summed E-state index contributed by atoms with van der Waals surface area (Å²) in [5.74, 6) is 0.457. The molecule has 0 aromatic heterocycles. The Bertz CT molecular complexity index is 1200. The highest BCUT2D eigenvalue weighted by Crippen LogP contribution is 2.36. The third-order valence-corrected chi connectivity index (χ3v) is 10.1. The fourth-order valence-corrected chi connectivity index (χ4v) is 7.52. The molecule has 2 aliphatic heterocycles. The van der Waals surface area contributed by atoms with Crippen LogP contribution in [0.2, 0.25) is 0 Å². The first-order chi connectivity index (χ1) is 21.2. The molecule has 2 heterocycles. The van der Waals surface area contributed by atoms with E-state index in [4.69, 9.17) is 0 Å². The maximum atomic E-state index is 14.1. The molecule has 2 fully saturated rings. The van der Waals surface area contributed by atoms with Crippen LogP contribution < -0.4 is 10.6 Å². The topological polar surface area (TPSA) is 104 Å². The van der Waals surface area contributed by atoms with E-state index in [0.29, 0.717) is 45.2 Å². The van der Waals surface area contributed by atoms with Crippen molar-refractivity contribution >= 4 is 23.2 Å². The minimum Gasteiger partial charge on any atom is -0.632 e. The summed E-state index contributed by atoms with van der Waals surface area (Å²) < 4.78 is -1.22. The van der Waals surface area contributed by atoms with E-state index < -0.39 is 21.4 Å². The quantitative estimate of drug-likeness (QED) is 0.185. The second-order valence-corrected chi connectivity index (χ2v) is 14.7. The van der Waals surface area contributed by atoms with Gasteiger partial charge in [-0.05, 0) is 45.9 Å². The van der Waals surface area contributed by atoms with E-state index in [9.17, 15) is 20.0 Å². The SMILES string of the molecule is CC(C)c1cccc(C(C)C)c1NC(=O)[C@@H]1CCC[N@@+]1([O-])CCC[N@+]1([O-])CCC[C@H]1C(=O)Nc1c(C(C)C)cccc1C(C)C. The van der Waals surface area contributed by atoms with Gasteiger partial charge in [0.15, 0.2) is 12.1 Å². The number of hydrogen-bond acceptors (Lipinski definition) is 4. The molecule has 2 aromatic carbocycles. The van der Waals surface area contributed by atoms with Crippen LogP contribution in [-0.4, -0.2) is 59.4 Å². The Hall–Kier alpha value is -2.78. The highest BCUT2D eigenvalue weighted by atomic mass is 16.6. The molecular weight excluding hydrogens is 564 g/mol. The van der Waals surface area contributed by atoms with Gasteiger partial charge in [-0.15, -0.1) is 0 Å². The zero-order valence-electron chi connectivity index (χ0n) is 28.8. The van der Waals surface area contributed by atoms with Gasteiger partial charge in [0.2, 0.25) is 0 Å². The highest BCUT2D eigenvalue weighted by Gasteiger charge is 2.43. The van der Waals surface area contributed by atoms with Crippen LogP contribution in [0.1, 0.15) is 133 Å². The summed E-state index contributed by atoms with van der Waals surface area (Å²) in [4.78, 5) is 27.4. The lowest BCUT2D eigenvalue weighted by Gasteiger charge is -2.46. The Labute approximate surface area is 270 Å². The minimum atomic E-state index is -0.704. The summed E-state index contributed by atoms with van der Waals surface area (Å²) in [5, 5.41) is 34.6. The molecule has 2 saturated heterocycles. The van der Waals surface area contributed by atoms with E-state index in [-0.39, 0.29) is 48.6 Å². The first-order valence-electron chi connectivity index (χ1n) is 17.2. The predicted molar refractivity (Wildman–Crippen MR) is 184 cm³/mol. The largest absolute Gasteiger partial charge is 0.632 e. The number of anilines is 2. The number of para-hydroxylation sites is 2. The molecule has 2 N–H and O–H groups in total. The number of benzene rings is 2. The number of nitrogens with one attached hydrogen (secondary N) is 2. The number of quaternary nitrogens is 2. The Morgan fingerprint density at radius 1 is 0.644 bits per heavy atom. The van der Waals surface area contributed by atoms with E-state index in [1.165, 1.54) is 0 Å². The van der Waals surface area contributed by atoms with Crippen molar-refractivity contribution in [3.8, 4) is 0 Å². The Kier molecular flexibility index (Phi) is 11.2. The summed E-state index contributed by atoms with van der Waals surface area (Å²) in [5.41, 5.74) is 5.96. The summed E-state index contributed by atoms with van der Waals surface area (Å²) in [7, 11) is 0. The molecule has 0 saturated carbocycles. The number of rotatable bonds is 12. The van der Waals surface area contributed by atoms with E-state index in [0.717, 1.165) is 33.6 Å². The Morgan fingerprint density at radius 2 is 0.956 bits per heavy atom. The maximum Gasteiger partial charge on any atom is 0.283 e. The Balaban J connectivity index is 1.45. The second-order valence-electron chi connectivity index (χ2n) is 14.7. The Morgan fingerprint density at radius 3 is 1.24 bits per heavy atom. The van der Waals surface area contributed by atoms with Crippen molar-refractivity contribution in [3.63, 3.8) is 0 Å². The smallest absolute Gasteiger partial charge is 0.283 e. The van der Waals surface area contributed by atoms with Crippen LogP contribution in [0.5, 0.6) is 0 Å². The molecule has 45 heavy (non-hydrogen) atoms. The molecule has 8 heteroatoms. The lowest BCUT2D eigenvalue weighted by Crippen LogP contribution is -2.56. The minimum absolute atomic E-state index is 0.200. The molecule has 0 spiro atoms. The summed E-state index contributed by atoms with van der Waals surface area (Å²) in [6.45, 7) is 18.0. The molecule has 2 amide bonds. The monoisotopic (exact) mass is 620 g/mol. The molecule has 0 bridgehead atoms. The average Bonchev–Trinajstić information content (AvgIpc) is 3.55. The third kappa shape index (κ3) is 7.62. The average molecular weight is 621 g/mol. The van der Waals surface area contributed by atoms with Crippen molar-refractivity contribution in [1.82, 2.24) is 0 Å². The van der Waals surface area contributed by atoms with Gasteiger partial charge in [-0.1, -0.05) is 91.8 Å². The molecule has 4 rings (SSSR count). The summed E-state index contributed by atoms with van der Waals surface area (Å²) in [6, 6.07) is 10.8.